The molecule has 2 aliphatic rings. The van der Waals surface area contributed by atoms with E-state index in [0.29, 0.717) is 39.3 Å². The van der Waals surface area contributed by atoms with Gasteiger partial charge in [0.2, 0.25) is 0 Å². The first-order valence-corrected chi connectivity index (χ1v) is 8.97. The van der Waals surface area contributed by atoms with E-state index < -0.39 is 10.5 Å². The fraction of sp³-hybridized carbons (Fsp3) is 0.556. The Bertz CT molecular complexity index is 728. The van der Waals surface area contributed by atoms with Gasteiger partial charge in [-0.2, -0.15) is 0 Å². The SMILES string of the molecule is CC1(C)C(=O)N(CN2CCOCC2)C(=O)N1CCc1ccc([N+](=O)[O-])cc1. The molecule has 2 fully saturated rings. The Morgan fingerprint density at radius 3 is 2.37 bits per heavy atom. The predicted octanol–water partition coefficient (Wildman–Crippen LogP) is 1.47. The van der Waals surface area contributed by atoms with Gasteiger partial charge in [-0.15, -0.1) is 0 Å². The number of carbonyl (C=O) groups is 2. The number of nitro groups is 1. The summed E-state index contributed by atoms with van der Waals surface area (Å²) in [5.41, 5.74) is -0.00378. The number of morpholine rings is 1. The Labute approximate surface area is 157 Å². The number of urea groups is 1. The molecular formula is C18H24N4O5. The summed E-state index contributed by atoms with van der Waals surface area (Å²) in [6, 6.07) is 5.96. The molecule has 0 aliphatic carbocycles. The van der Waals surface area contributed by atoms with Crippen molar-refractivity contribution in [2.75, 3.05) is 39.5 Å². The number of carbonyl (C=O) groups excluding carboxylic acids is 2. The van der Waals surface area contributed by atoms with Crippen LogP contribution in [0, 0.1) is 10.1 Å². The molecule has 0 bridgehead atoms. The predicted molar refractivity (Wildman–Crippen MR) is 97.1 cm³/mol. The molecule has 9 nitrogen and oxygen atoms in total. The first kappa shape index (κ1) is 19.2. The zero-order chi connectivity index (χ0) is 19.6. The minimum absolute atomic E-state index is 0.0307. The van der Waals surface area contributed by atoms with Crippen LogP contribution >= 0.6 is 0 Å². The van der Waals surface area contributed by atoms with E-state index in [1.807, 2.05) is 4.90 Å². The van der Waals surface area contributed by atoms with Crippen molar-refractivity contribution >= 4 is 17.6 Å². The quantitative estimate of drug-likeness (QED) is 0.424. The molecule has 0 atom stereocenters. The van der Waals surface area contributed by atoms with E-state index in [4.69, 9.17) is 4.74 Å². The molecule has 0 spiro atoms. The van der Waals surface area contributed by atoms with E-state index in [1.165, 1.54) is 17.0 Å². The number of hydrogen-bond acceptors (Lipinski definition) is 6. The number of nitrogens with zero attached hydrogens (tertiary/aromatic N) is 4. The first-order chi connectivity index (χ1) is 12.8. The Kier molecular flexibility index (Phi) is 5.43. The van der Waals surface area contributed by atoms with Crippen LogP contribution in [0.5, 0.6) is 0 Å². The number of hydrogen-bond donors (Lipinski definition) is 0. The van der Waals surface area contributed by atoms with Crippen LogP contribution in [-0.4, -0.2) is 76.6 Å². The van der Waals surface area contributed by atoms with Crippen LogP contribution in [0.3, 0.4) is 0 Å². The van der Waals surface area contributed by atoms with E-state index in [0.717, 1.165) is 5.56 Å². The molecule has 1 aromatic carbocycles. The van der Waals surface area contributed by atoms with Crippen molar-refractivity contribution in [1.82, 2.24) is 14.7 Å². The molecule has 0 saturated carbocycles. The number of rotatable bonds is 6. The van der Waals surface area contributed by atoms with Crippen LogP contribution in [0.4, 0.5) is 10.5 Å². The molecule has 1 aromatic rings. The number of ether oxygens (including phenoxy) is 1. The lowest BCUT2D eigenvalue weighted by molar-refractivity contribution is -0.384. The third-order valence-corrected chi connectivity index (χ3v) is 5.12. The van der Waals surface area contributed by atoms with Crippen LogP contribution in [0.15, 0.2) is 24.3 Å². The second kappa shape index (κ2) is 7.61. The lowest BCUT2D eigenvalue weighted by Crippen LogP contribution is -2.47. The van der Waals surface area contributed by atoms with Crippen LogP contribution in [0.2, 0.25) is 0 Å². The van der Waals surface area contributed by atoms with Gasteiger partial charge in [0.05, 0.1) is 24.8 Å². The Morgan fingerprint density at radius 1 is 1.15 bits per heavy atom. The molecule has 2 aliphatic heterocycles. The van der Waals surface area contributed by atoms with Crippen molar-refractivity contribution in [2.45, 2.75) is 25.8 Å². The zero-order valence-electron chi connectivity index (χ0n) is 15.6. The number of amides is 3. The molecule has 3 rings (SSSR count). The summed E-state index contributed by atoms with van der Waals surface area (Å²) >= 11 is 0. The third kappa shape index (κ3) is 3.93. The van der Waals surface area contributed by atoms with Crippen molar-refractivity contribution in [3.05, 3.63) is 39.9 Å². The second-order valence-corrected chi connectivity index (χ2v) is 7.27. The highest BCUT2D eigenvalue weighted by molar-refractivity contribution is 6.06. The van der Waals surface area contributed by atoms with E-state index in [9.17, 15) is 19.7 Å². The monoisotopic (exact) mass is 376 g/mol. The molecule has 27 heavy (non-hydrogen) atoms. The highest BCUT2D eigenvalue weighted by Crippen LogP contribution is 2.28. The average molecular weight is 376 g/mol. The van der Waals surface area contributed by atoms with Gasteiger partial charge in [-0.25, -0.2) is 9.69 Å². The first-order valence-electron chi connectivity index (χ1n) is 8.97. The Hall–Kier alpha value is -2.52. The summed E-state index contributed by atoms with van der Waals surface area (Å²) in [7, 11) is 0. The molecule has 3 amide bonds. The van der Waals surface area contributed by atoms with Gasteiger partial charge in [0.15, 0.2) is 0 Å². The normalized spacial score (nSPS) is 20.4. The van der Waals surface area contributed by atoms with Gasteiger partial charge in [-0.05, 0) is 25.8 Å². The molecule has 0 aromatic heterocycles. The molecule has 9 heteroatoms. The summed E-state index contributed by atoms with van der Waals surface area (Å²) in [6.07, 6.45) is 0.520. The minimum Gasteiger partial charge on any atom is -0.379 e. The molecule has 0 unspecified atom stereocenters. The van der Waals surface area contributed by atoms with E-state index in [-0.39, 0.29) is 24.3 Å². The fourth-order valence-electron chi connectivity index (χ4n) is 3.39. The molecular weight excluding hydrogens is 352 g/mol. The van der Waals surface area contributed by atoms with Crippen LogP contribution in [-0.2, 0) is 16.0 Å². The number of nitro benzene ring substituents is 1. The summed E-state index contributed by atoms with van der Waals surface area (Å²) in [5, 5.41) is 10.7. The largest absolute Gasteiger partial charge is 0.379 e. The number of benzene rings is 1. The molecule has 146 valence electrons. The lowest BCUT2D eigenvalue weighted by atomic mass is 10.0. The molecule has 0 radical (unpaired) electrons. The summed E-state index contributed by atoms with van der Waals surface area (Å²) < 4.78 is 5.31. The average Bonchev–Trinajstić information content (AvgIpc) is 2.81. The standard InChI is InChI=1S/C18H24N4O5/c1-18(2)16(23)20(13-19-9-11-27-12-10-19)17(24)21(18)8-7-14-3-5-15(6-4-14)22(25)26/h3-6H,7-13H2,1-2H3. The summed E-state index contributed by atoms with van der Waals surface area (Å²) in [6.45, 7) is 6.74. The maximum absolute atomic E-state index is 12.9. The van der Waals surface area contributed by atoms with Gasteiger partial charge < -0.3 is 9.64 Å². The smallest absolute Gasteiger partial charge is 0.328 e. The van der Waals surface area contributed by atoms with Gasteiger partial charge in [-0.1, -0.05) is 12.1 Å². The van der Waals surface area contributed by atoms with Crippen molar-refractivity contribution < 1.29 is 19.2 Å². The Morgan fingerprint density at radius 2 is 1.78 bits per heavy atom. The second-order valence-electron chi connectivity index (χ2n) is 7.27. The summed E-state index contributed by atoms with van der Waals surface area (Å²) in [5.74, 6) is -0.206. The highest BCUT2D eigenvalue weighted by Gasteiger charge is 2.51. The highest BCUT2D eigenvalue weighted by atomic mass is 16.6. The van der Waals surface area contributed by atoms with Crippen molar-refractivity contribution in [1.29, 1.82) is 0 Å². The van der Waals surface area contributed by atoms with E-state index in [1.54, 1.807) is 30.9 Å². The maximum atomic E-state index is 12.9. The summed E-state index contributed by atoms with van der Waals surface area (Å²) in [4.78, 5) is 40.9. The zero-order valence-corrected chi connectivity index (χ0v) is 15.6. The van der Waals surface area contributed by atoms with Gasteiger partial charge in [0.25, 0.3) is 11.6 Å². The maximum Gasteiger partial charge on any atom is 0.328 e. The number of imide groups is 1. The van der Waals surface area contributed by atoms with E-state index >= 15 is 0 Å². The van der Waals surface area contributed by atoms with Crippen LogP contribution in [0.25, 0.3) is 0 Å². The van der Waals surface area contributed by atoms with Gasteiger partial charge in [0.1, 0.15) is 5.54 Å². The molecule has 2 heterocycles. The van der Waals surface area contributed by atoms with Gasteiger partial charge in [0, 0.05) is 31.8 Å². The molecule has 2 saturated heterocycles. The van der Waals surface area contributed by atoms with Crippen LogP contribution < -0.4 is 0 Å². The van der Waals surface area contributed by atoms with Crippen LogP contribution in [0.1, 0.15) is 19.4 Å². The van der Waals surface area contributed by atoms with Crippen molar-refractivity contribution in [3.8, 4) is 0 Å². The molecule has 0 N–H and O–H groups in total. The topological polar surface area (TPSA) is 96.2 Å². The van der Waals surface area contributed by atoms with Crippen molar-refractivity contribution in [3.63, 3.8) is 0 Å². The minimum atomic E-state index is -0.913. The van der Waals surface area contributed by atoms with E-state index in [2.05, 4.69) is 0 Å². The number of non-ortho nitro benzene ring substituents is 1. The third-order valence-electron chi connectivity index (χ3n) is 5.12. The van der Waals surface area contributed by atoms with Crippen molar-refractivity contribution in [2.24, 2.45) is 0 Å². The van der Waals surface area contributed by atoms with Gasteiger partial charge >= 0.3 is 6.03 Å². The fourth-order valence-corrected chi connectivity index (χ4v) is 3.39. The lowest BCUT2D eigenvalue weighted by Gasteiger charge is -2.29. The Balaban J connectivity index is 1.66. The van der Waals surface area contributed by atoms with Gasteiger partial charge in [-0.3, -0.25) is 19.8 Å².